The Kier molecular flexibility index (Phi) is 4.80. The van der Waals surface area contributed by atoms with Crippen LogP contribution >= 0.6 is 11.8 Å². The molecule has 2 N–H and O–H groups in total. The first-order valence-corrected chi connectivity index (χ1v) is 9.50. The quantitative estimate of drug-likeness (QED) is 0.571. The van der Waals surface area contributed by atoms with E-state index in [0.29, 0.717) is 10.4 Å². The van der Waals surface area contributed by atoms with E-state index in [0.717, 1.165) is 34.1 Å². The molecular formula is C21H23FN2O2S. The Hall–Kier alpha value is -2.34. The minimum Gasteiger partial charge on any atom is -0.480 e. The van der Waals surface area contributed by atoms with Crippen LogP contribution in [0.5, 0.6) is 0 Å². The molecule has 0 unspecified atom stereocenters. The molecule has 3 aromatic rings. The van der Waals surface area contributed by atoms with Crippen molar-refractivity contribution in [1.29, 1.82) is 0 Å². The van der Waals surface area contributed by atoms with Crippen molar-refractivity contribution in [3.05, 3.63) is 47.9 Å². The Balaban J connectivity index is 2.03. The van der Waals surface area contributed by atoms with Gasteiger partial charge in [-0.15, -0.1) is 11.8 Å². The molecule has 0 spiro atoms. The Bertz CT molecular complexity index is 1020. The molecule has 0 saturated carbocycles. The van der Waals surface area contributed by atoms with E-state index in [1.807, 2.05) is 18.2 Å². The molecule has 0 aliphatic heterocycles. The third-order valence-corrected chi connectivity index (χ3v) is 5.67. The van der Waals surface area contributed by atoms with E-state index in [4.69, 9.17) is 0 Å². The molecule has 0 aliphatic rings. The van der Waals surface area contributed by atoms with Crippen LogP contribution in [0.25, 0.3) is 22.3 Å². The zero-order chi connectivity index (χ0) is 20.0. The molecular weight excluding hydrogens is 363 g/mol. The van der Waals surface area contributed by atoms with Gasteiger partial charge in [-0.25, -0.2) is 4.39 Å². The number of aliphatic carboxylic acids is 1. The van der Waals surface area contributed by atoms with Gasteiger partial charge < -0.3 is 10.1 Å². The van der Waals surface area contributed by atoms with E-state index in [1.54, 1.807) is 26.1 Å². The lowest BCUT2D eigenvalue weighted by molar-refractivity contribution is -0.138. The number of carboxylic acid groups (broad SMARTS) is 1. The lowest BCUT2D eigenvalue weighted by Crippen LogP contribution is -2.27. The Morgan fingerprint density at radius 3 is 2.48 bits per heavy atom. The molecule has 1 aromatic carbocycles. The van der Waals surface area contributed by atoms with Gasteiger partial charge in [-0.2, -0.15) is 0 Å². The number of carboxylic acids is 1. The molecule has 3 rings (SSSR count). The molecule has 0 aliphatic carbocycles. The first-order valence-electron chi connectivity index (χ1n) is 8.69. The molecule has 0 amide bonds. The highest BCUT2D eigenvalue weighted by Crippen LogP contribution is 2.37. The number of aromatic nitrogens is 2. The lowest BCUT2D eigenvalue weighted by atomic mass is 9.87. The average Bonchev–Trinajstić information content (AvgIpc) is 2.97. The number of H-pyrrole nitrogens is 1. The molecule has 0 saturated heterocycles. The van der Waals surface area contributed by atoms with Crippen LogP contribution in [0.4, 0.5) is 4.39 Å². The normalized spacial score (nSPS) is 12.5. The van der Waals surface area contributed by atoms with Crippen molar-refractivity contribution in [2.24, 2.45) is 0 Å². The molecule has 0 radical (unpaired) electrons. The molecule has 2 heterocycles. The number of aromatic amines is 1. The van der Waals surface area contributed by atoms with Crippen molar-refractivity contribution in [3.8, 4) is 11.4 Å². The second-order valence-electron chi connectivity index (χ2n) is 8.15. The first kappa shape index (κ1) is 19.4. The van der Waals surface area contributed by atoms with Gasteiger partial charge in [0.1, 0.15) is 10.6 Å². The smallest absolute Gasteiger partial charge is 0.319 e. The zero-order valence-electron chi connectivity index (χ0n) is 16.1. The molecule has 0 fully saturated rings. The van der Waals surface area contributed by atoms with Crippen LogP contribution in [0.3, 0.4) is 0 Å². The summed E-state index contributed by atoms with van der Waals surface area (Å²) in [5.74, 6) is -1.42. The summed E-state index contributed by atoms with van der Waals surface area (Å²) >= 11 is 1.00. The summed E-state index contributed by atoms with van der Waals surface area (Å²) in [7, 11) is 0. The Morgan fingerprint density at radius 1 is 1.15 bits per heavy atom. The molecule has 6 heteroatoms. The van der Waals surface area contributed by atoms with Crippen LogP contribution in [-0.2, 0) is 10.2 Å². The molecule has 0 bridgehead atoms. The van der Waals surface area contributed by atoms with Crippen LogP contribution in [0.1, 0.15) is 40.2 Å². The number of fused-ring (bicyclic) bond motifs is 1. The summed E-state index contributed by atoms with van der Waals surface area (Å²) in [5, 5.41) is 10.1. The largest absolute Gasteiger partial charge is 0.480 e. The second-order valence-corrected chi connectivity index (χ2v) is 9.81. The van der Waals surface area contributed by atoms with Crippen molar-refractivity contribution >= 4 is 28.6 Å². The van der Waals surface area contributed by atoms with Crippen LogP contribution in [0.15, 0.2) is 41.4 Å². The standard InChI is InChI=1S/C21H23FN2O2S/c1-20(2,3)13-6-7-23-16(10-13)17-8-12-9-18(14(22)11-15(12)24-17)27-21(4,5)19(25)26/h6-11,24H,1-5H3,(H,25,26). The summed E-state index contributed by atoms with van der Waals surface area (Å²) in [5.41, 5.74) is 3.41. The average molecular weight is 386 g/mol. The molecule has 27 heavy (non-hydrogen) atoms. The molecule has 2 aromatic heterocycles. The topological polar surface area (TPSA) is 66.0 Å². The fraction of sp³-hybridized carbons (Fsp3) is 0.333. The van der Waals surface area contributed by atoms with Gasteiger partial charge in [0, 0.05) is 22.0 Å². The van der Waals surface area contributed by atoms with Crippen LogP contribution < -0.4 is 0 Å². The van der Waals surface area contributed by atoms with Crippen LogP contribution in [-0.4, -0.2) is 25.8 Å². The Labute approximate surface area is 162 Å². The van der Waals surface area contributed by atoms with E-state index in [2.05, 4.69) is 30.7 Å². The van der Waals surface area contributed by atoms with Crippen molar-refractivity contribution in [2.75, 3.05) is 0 Å². The maximum atomic E-state index is 14.5. The summed E-state index contributed by atoms with van der Waals surface area (Å²) < 4.78 is 13.4. The number of thioether (sulfide) groups is 1. The first-order chi connectivity index (χ1) is 12.5. The number of hydrogen-bond acceptors (Lipinski definition) is 3. The highest BCUT2D eigenvalue weighted by Gasteiger charge is 2.30. The van der Waals surface area contributed by atoms with Gasteiger partial charge >= 0.3 is 5.97 Å². The number of nitrogens with zero attached hydrogens (tertiary/aromatic N) is 1. The maximum absolute atomic E-state index is 14.5. The van der Waals surface area contributed by atoms with Gasteiger partial charge in [-0.05, 0) is 55.2 Å². The van der Waals surface area contributed by atoms with Crippen molar-refractivity contribution in [2.45, 2.75) is 49.7 Å². The molecule has 0 atom stereocenters. The lowest BCUT2D eigenvalue weighted by Gasteiger charge is -2.19. The number of pyridine rings is 1. The SMILES string of the molecule is CC(C)(Sc1cc2cc(-c3cc(C(C)(C)C)ccn3)[nH]c2cc1F)C(=O)O. The fourth-order valence-electron chi connectivity index (χ4n) is 2.71. The second kappa shape index (κ2) is 6.68. The number of carbonyl (C=O) groups is 1. The van der Waals surface area contributed by atoms with E-state index in [-0.39, 0.29) is 5.41 Å². The highest BCUT2D eigenvalue weighted by atomic mass is 32.2. The van der Waals surface area contributed by atoms with Crippen LogP contribution in [0, 0.1) is 5.82 Å². The third-order valence-electron chi connectivity index (χ3n) is 4.46. The van der Waals surface area contributed by atoms with Crippen molar-refractivity contribution in [3.63, 3.8) is 0 Å². The maximum Gasteiger partial charge on any atom is 0.319 e. The van der Waals surface area contributed by atoms with Gasteiger partial charge in [-0.3, -0.25) is 9.78 Å². The Morgan fingerprint density at radius 2 is 1.85 bits per heavy atom. The van der Waals surface area contributed by atoms with Gasteiger partial charge in [0.15, 0.2) is 0 Å². The van der Waals surface area contributed by atoms with Gasteiger partial charge in [0.05, 0.1) is 11.4 Å². The third kappa shape index (κ3) is 4.00. The van der Waals surface area contributed by atoms with Gasteiger partial charge in [0.2, 0.25) is 0 Å². The minimum atomic E-state index is -1.11. The van der Waals surface area contributed by atoms with E-state index in [9.17, 15) is 14.3 Å². The summed E-state index contributed by atoms with van der Waals surface area (Å²) in [4.78, 5) is 19.3. The summed E-state index contributed by atoms with van der Waals surface area (Å²) in [6.07, 6.45) is 1.78. The minimum absolute atomic E-state index is 0.00202. The van der Waals surface area contributed by atoms with Crippen molar-refractivity contribution < 1.29 is 14.3 Å². The highest BCUT2D eigenvalue weighted by molar-refractivity contribution is 8.01. The number of rotatable bonds is 4. The number of benzene rings is 1. The summed E-state index contributed by atoms with van der Waals surface area (Å²) in [6, 6.07) is 9.04. The van der Waals surface area contributed by atoms with Crippen LogP contribution in [0.2, 0.25) is 0 Å². The number of nitrogens with one attached hydrogen (secondary N) is 1. The summed E-state index contributed by atoms with van der Waals surface area (Å²) in [6.45, 7) is 9.55. The molecule has 142 valence electrons. The zero-order valence-corrected chi connectivity index (χ0v) is 16.9. The van der Waals surface area contributed by atoms with Crippen molar-refractivity contribution in [1.82, 2.24) is 9.97 Å². The van der Waals surface area contributed by atoms with Gasteiger partial charge in [-0.1, -0.05) is 20.8 Å². The number of hydrogen-bond donors (Lipinski definition) is 2. The fourth-order valence-corrected chi connectivity index (χ4v) is 3.69. The van der Waals surface area contributed by atoms with E-state index in [1.165, 1.54) is 6.07 Å². The predicted molar refractivity (Wildman–Crippen MR) is 108 cm³/mol. The van der Waals surface area contributed by atoms with E-state index < -0.39 is 16.5 Å². The molecule has 4 nitrogen and oxygen atoms in total. The number of halogens is 1. The van der Waals surface area contributed by atoms with Gasteiger partial charge in [0.25, 0.3) is 0 Å². The van der Waals surface area contributed by atoms with E-state index >= 15 is 0 Å². The predicted octanol–water partition coefficient (Wildman–Crippen LogP) is 5.62. The monoisotopic (exact) mass is 386 g/mol.